The number of halogens is 1. The van der Waals surface area contributed by atoms with Crippen LogP contribution in [0.1, 0.15) is 15.3 Å². The molecule has 0 amide bonds. The van der Waals surface area contributed by atoms with Crippen LogP contribution in [-0.2, 0) is 19.6 Å². The van der Waals surface area contributed by atoms with Crippen molar-refractivity contribution in [1.82, 2.24) is 10.2 Å². The smallest absolute Gasteiger partial charge is 0.169 e. The molecule has 0 unspecified atom stereocenters. The van der Waals surface area contributed by atoms with E-state index in [0.29, 0.717) is 11.7 Å². The maximum atomic E-state index is 13.0. The third-order valence-corrected chi connectivity index (χ3v) is 5.62. The maximum Gasteiger partial charge on any atom is 0.169 e. The molecule has 124 valence electrons. The molecule has 2 heterocycles. The zero-order valence-corrected chi connectivity index (χ0v) is 15.4. The molecular weight excluding hydrogens is 359 g/mol. The molecule has 0 fully saturated rings. The first-order valence-corrected chi connectivity index (χ1v) is 9.69. The molecular formula is C18H17FN2S3. The summed E-state index contributed by atoms with van der Waals surface area (Å²) in [6, 6.07) is 14.8. The van der Waals surface area contributed by atoms with Gasteiger partial charge in [-0.3, -0.25) is 0 Å². The average Bonchev–Trinajstić information content (AvgIpc) is 3.27. The molecule has 0 saturated carbocycles. The highest BCUT2D eigenvalue weighted by molar-refractivity contribution is 7.80. The van der Waals surface area contributed by atoms with E-state index in [4.69, 9.17) is 12.2 Å². The van der Waals surface area contributed by atoms with Gasteiger partial charge in [0.2, 0.25) is 0 Å². The standard InChI is InChI=1S/C18H17FN2S3/c19-15-7-5-14(6-8-15)11-20-18(22)21(12-16-3-1-9-23-16)13-17-4-2-10-24-17/h1-10H,11-13H2,(H,20,22). The lowest BCUT2D eigenvalue weighted by Gasteiger charge is -2.25. The van der Waals surface area contributed by atoms with Crippen molar-refractivity contribution >= 4 is 40.0 Å². The Kier molecular flexibility index (Phi) is 5.96. The Morgan fingerprint density at radius 1 is 0.958 bits per heavy atom. The molecule has 2 aromatic heterocycles. The van der Waals surface area contributed by atoms with E-state index < -0.39 is 0 Å². The molecule has 0 radical (unpaired) electrons. The van der Waals surface area contributed by atoms with Gasteiger partial charge in [-0.2, -0.15) is 0 Å². The predicted octanol–water partition coefficient (Wildman–Crippen LogP) is 5.03. The second kappa shape index (κ2) is 8.37. The quantitative estimate of drug-likeness (QED) is 0.608. The van der Waals surface area contributed by atoms with E-state index in [1.54, 1.807) is 34.8 Å². The second-order valence-electron chi connectivity index (χ2n) is 5.30. The van der Waals surface area contributed by atoms with Gasteiger partial charge in [0.25, 0.3) is 0 Å². The van der Waals surface area contributed by atoms with E-state index in [1.807, 2.05) is 0 Å². The largest absolute Gasteiger partial charge is 0.358 e. The van der Waals surface area contributed by atoms with Gasteiger partial charge in [-0.25, -0.2) is 4.39 Å². The van der Waals surface area contributed by atoms with Crippen molar-refractivity contribution in [2.75, 3.05) is 0 Å². The highest BCUT2D eigenvalue weighted by Gasteiger charge is 2.12. The van der Waals surface area contributed by atoms with E-state index in [9.17, 15) is 4.39 Å². The zero-order chi connectivity index (χ0) is 16.8. The number of thiocarbonyl (C=S) groups is 1. The molecule has 1 aromatic carbocycles. The molecule has 2 nitrogen and oxygen atoms in total. The molecule has 0 saturated heterocycles. The zero-order valence-electron chi connectivity index (χ0n) is 12.9. The Morgan fingerprint density at radius 2 is 1.54 bits per heavy atom. The molecule has 0 bridgehead atoms. The summed E-state index contributed by atoms with van der Waals surface area (Å²) in [5.74, 6) is -0.224. The van der Waals surface area contributed by atoms with Gasteiger partial charge in [-0.15, -0.1) is 22.7 Å². The van der Waals surface area contributed by atoms with Crippen molar-refractivity contribution < 1.29 is 4.39 Å². The Balaban J connectivity index is 1.64. The number of nitrogens with zero attached hydrogens (tertiary/aromatic N) is 1. The van der Waals surface area contributed by atoms with E-state index in [0.717, 1.165) is 18.7 Å². The van der Waals surface area contributed by atoms with E-state index in [-0.39, 0.29) is 5.82 Å². The molecule has 0 aliphatic carbocycles. The number of benzene rings is 1. The minimum absolute atomic E-state index is 0.224. The second-order valence-corrected chi connectivity index (χ2v) is 7.75. The Morgan fingerprint density at radius 3 is 2.04 bits per heavy atom. The third-order valence-electron chi connectivity index (χ3n) is 3.50. The maximum absolute atomic E-state index is 13.0. The van der Waals surface area contributed by atoms with Crippen molar-refractivity contribution in [1.29, 1.82) is 0 Å². The minimum Gasteiger partial charge on any atom is -0.358 e. The molecule has 1 N–H and O–H groups in total. The number of hydrogen-bond acceptors (Lipinski definition) is 3. The number of rotatable bonds is 6. The molecule has 24 heavy (non-hydrogen) atoms. The molecule has 0 atom stereocenters. The van der Waals surface area contributed by atoms with E-state index in [1.165, 1.54) is 21.9 Å². The van der Waals surface area contributed by atoms with Crippen LogP contribution in [-0.4, -0.2) is 10.0 Å². The number of thiophene rings is 2. The van der Waals surface area contributed by atoms with Crippen molar-refractivity contribution in [3.05, 3.63) is 80.4 Å². The predicted molar refractivity (Wildman–Crippen MR) is 104 cm³/mol. The van der Waals surface area contributed by atoms with Crippen molar-refractivity contribution in [3.63, 3.8) is 0 Å². The molecule has 6 heteroatoms. The van der Waals surface area contributed by atoms with Crippen molar-refractivity contribution in [2.45, 2.75) is 19.6 Å². The van der Waals surface area contributed by atoms with Crippen molar-refractivity contribution in [3.8, 4) is 0 Å². The summed E-state index contributed by atoms with van der Waals surface area (Å²) in [6.45, 7) is 2.15. The van der Waals surface area contributed by atoms with Crippen LogP contribution in [0, 0.1) is 5.82 Å². The fourth-order valence-corrected chi connectivity index (χ4v) is 3.91. The lowest BCUT2D eigenvalue weighted by molar-refractivity contribution is 0.406. The number of hydrogen-bond donors (Lipinski definition) is 1. The van der Waals surface area contributed by atoms with Crippen LogP contribution in [0.25, 0.3) is 0 Å². The van der Waals surface area contributed by atoms with Gasteiger partial charge in [0.05, 0.1) is 13.1 Å². The summed E-state index contributed by atoms with van der Waals surface area (Å²) in [4.78, 5) is 4.71. The fraction of sp³-hybridized carbons (Fsp3) is 0.167. The summed E-state index contributed by atoms with van der Waals surface area (Å²) in [5, 5.41) is 8.15. The number of nitrogens with one attached hydrogen (secondary N) is 1. The van der Waals surface area contributed by atoms with E-state index in [2.05, 4.69) is 45.2 Å². The van der Waals surface area contributed by atoms with Crippen LogP contribution >= 0.6 is 34.9 Å². The molecule has 0 aliphatic heterocycles. The van der Waals surface area contributed by atoms with Gasteiger partial charge in [0.15, 0.2) is 5.11 Å². The third kappa shape index (κ3) is 4.87. The van der Waals surface area contributed by atoms with Gasteiger partial charge in [0, 0.05) is 16.3 Å². The first kappa shape index (κ1) is 17.1. The van der Waals surface area contributed by atoms with Crippen LogP contribution in [0.2, 0.25) is 0 Å². The van der Waals surface area contributed by atoms with Crippen LogP contribution in [0.3, 0.4) is 0 Å². The topological polar surface area (TPSA) is 15.3 Å². The average molecular weight is 377 g/mol. The SMILES string of the molecule is Fc1ccc(CNC(=S)N(Cc2cccs2)Cc2cccs2)cc1. The summed E-state index contributed by atoms with van der Waals surface area (Å²) in [7, 11) is 0. The van der Waals surface area contributed by atoms with Crippen LogP contribution in [0.5, 0.6) is 0 Å². The highest BCUT2D eigenvalue weighted by Crippen LogP contribution is 2.17. The molecule has 0 spiro atoms. The van der Waals surface area contributed by atoms with Gasteiger partial charge in [-0.1, -0.05) is 24.3 Å². The molecule has 3 aromatic rings. The monoisotopic (exact) mass is 376 g/mol. The minimum atomic E-state index is -0.224. The summed E-state index contributed by atoms with van der Waals surface area (Å²) < 4.78 is 13.0. The van der Waals surface area contributed by atoms with Crippen LogP contribution in [0.4, 0.5) is 4.39 Å². The van der Waals surface area contributed by atoms with Crippen LogP contribution < -0.4 is 5.32 Å². The summed E-state index contributed by atoms with van der Waals surface area (Å²) >= 11 is 9.06. The van der Waals surface area contributed by atoms with Gasteiger partial charge in [0.1, 0.15) is 5.82 Å². The highest BCUT2D eigenvalue weighted by atomic mass is 32.1. The lowest BCUT2D eigenvalue weighted by atomic mass is 10.2. The Labute approximate surface area is 154 Å². The van der Waals surface area contributed by atoms with E-state index >= 15 is 0 Å². The fourth-order valence-electron chi connectivity index (χ4n) is 2.27. The first-order valence-electron chi connectivity index (χ1n) is 7.53. The molecule has 0 aliphatic rings. The summed E-state index contributed by atoms with van der Waals surface area (Å²) in [5.41, 5.74) is 1.01. The Bertz CT molecular complexity index is 716. The summed E-state index contributed by atoms with van der Waals surface area (Å²) in [6.07, 6.45) is 0. The van der Waals surface area contributed by atoms with Gasteiger partial charge < -0.3 is 10.2 Å². The normalized spacial score (nSPS) is 10.5. The molecule has 3 rings (SSSR count). The first-order chi connectivity index (χ1) is 11.7. The van der Waals surface area contributed by atoms with Crippen molar-refractivity contribution in [2.24, 2.45) is 0 Å². The lowest BCUT2D eigenvalue weighted by Crippen LogP contribution is -2.38. The Hall–Kier alpha value is -1.76. The van der Waals surface area contributed by atoms with Gasteiger partial charge >= 0.3 is 0 Å². The van der Waals surface area contributed by atoms with Crippen LogP contribution in [0.15, 0.2) is 59.3 Å². The van der Waals surface area contributed by atoms with Gasteiger partial charge in [-0.05, 0) is 52.8 Å².